The first kappa shape index (κ1) is 17.8. The van der Waals surface area contributed by atoms with E-state index in [-0.39, 0.29) is 5.41 Å². The smallest absolute Gasteiger partial charge is 0.203 e. The number of aromatic nitrogens is 2. The molecule has 132 valence electrons. The molecule has 25 heavy (non-hydrogen) atoms. The number of benzene rings is 1. The lowest BCUT2D eigenvalue weighted by molar-refractivity contribution is -0.559. The van der Waals surface area contributed by atoms with E-state index in [1.165, 1.54) is 54.5 Å². The zero-order valence-corrected chi connectivity index (χ0v) is 16.0. The molecular formula is C23H31N2+. The molecule has 2 nitrogen and oxygen atoms in total. The fourth-order valence-corrected chi connectivity index (χ4v) is 4.00. The third kappa shape index (κ3) is 3.53. The van der Waals surface area contributed by atoms with Crippen LogP contribution in [0, 0.1) is 5.92 Å². The van der Waals surface area contributed by atoms with Gasteiger partial charge in [0.15, 0.2) is 0 Å². The molecule has 1 heterocycles. The summed E-state index contributed by atoms with van der Waals surface area (Å²) in [5.74, 6) is 0.816. The molecule has 2 heteroatoms. The van der Waals surface area contributed by atoms with Crippen molar-refractivity contribution in [1.82, 2.24) is 4.98 Å². The summed E-state index contributed by atoms with van der Waals surface area (Å²) in [7, 11) is 0. The van der Waals surface area contributed by atoms with Crippen molar-refractivity contribution in [3.8, 4) is 11.3 Å². The summed E-state index contributed by atoms with van der Waals surface area (Å²) in [4.78, 5) is 4.26. The third-order valence-electron chi connectivity index (χ3n) is 5.99. The maximum Gasteiger partial charge on any atom is 0.291 e. The van der Waals surface area contributed by atoms with Crippen molar-refractivity contribution < 1.29 is 4.57 Å². The molecule has 1 fully saturated rings. The third-order valence-corrected chi connectivity index (χ3v) is 5.99. The van der Waals surface area contributed by atoms with Gasteiger partial charge in [-0.05, 0) is 60.6 Å². The Balaban J connectivity index is 2.16. The quantitative estimate of drug-likeness (QED) is 0.577. The maximum absolute atomic E-state index is 4.26. The SMILES string of the molecule is C=C[n+]1cnccc1-c1cc(CCCC)ccc1C(C)(CC)C1CC1. The van der Waals surface area contributed by atoms with E-state index in [1.807, 2.05) is 23.3 Å². The molecule has 0 radical (unpaired) electrons. The van der Waals surface area contributed by atoms with E-state index in [1.54, 1.807) is 0 Å². The summed E-state index contributed by atoms with van der Waals surface area (Å²) in [5.41, 5.74) is 5.72. The summed E-state index contributed by atoms with van der Waals surface area (Å²) >= 11 is 0. The van der Waals surface area contributed by atoms with Crippen molar-refractivity contribution in [3.63, 3.8) is 0 Å². The highest BCUT2D eigenvalue weighted by atomic mass is 15.0. The van der Waals surface area contributed by atoms with Crippen LogP contribution in [0.5, 0.6) is 0 Å². The van der Waals surface area contributed by atoms with Crippen LogP contribution in [0.4, 0.5) is 0 Å². The molecule has 1 unspecified atom stereocenters. The summed E-state index contributed by atoms with van der Waals surface area (Å²) < 4.78 is 2.05. The van der Waals surface area contributed by atoms with E-state index in [2.05, 4.69) is 56.6 Å². The van der Waals surface area contributed by atoms with Gasteiger partial charge in [-0.3, -0.25) is 0 Å². The number of hydrogen-bond acceptors (Lipinski definition) is 1. The van der Waals surface area contributed by atoms with Crippen LogP contribution in [-0.4, -0.2) is 4.98 Å². The fourth-order valence-electron chi connectivity index (χ4n) is 4.00. The summed E-state index contributed by atoms with van der Waals surface area (Å²) in [6.45, 7) is 11.0. The Kier molecular flexibility index (Phi) is 5.36. The number of unbranched alkanes of at least 4 members (excludes halogenated alkanes) is 1. The minimum atomic E-state index is 0.251. The van der Waals surface area contributed by atoms with E-state index >= 15 is 0 Å². The molecule has 1 aliphatic rings. The van der Waals surface area contributed by atoms with Crippen molar-refractivity contribution in [2.24, 2.45) is 5.92 Å². The van der Waals surface area contributed by atoms with Gasteiger partial charge in [0, 0.05) is 11.6 Å². The van der Waals surface area contributed by atoms with Crippen LogP contribution in [0.3, 0.4) is 0 Å². The Bertz CT molecular complexity index is 746. The zero-order valence-electron chi connectivity index (χ0n) is 16.0. The van der Waals surface area contributed by atoms with Crippen molar-refractivity contribution >= 4 is 6.20 Å². The van der Waals surface area contributed by atoms with Gasteiger partial charge in [0.1, 0.15) is 11.9 Å². The first-order valence-corrected chi connectivity index (χ1v) is 9.75. The summed E-state index contributed by atoms with van der Waals surface area (Å²) in [5, 5.41) is 0. The van der Waals surface area contributed by atoms with Gasteiger partial charge in [-0.2, -0.15) is 0 Å². The lowest BCUT2D eigenvalue weighted by atomic mass is 9.73. The normalized spacial score (nSPS) is 16.4. The standard InChI is InChI=1S/C23H31N2/c1-5-8-9-18-10-13-21(23(4,6-2)19-11-12-19)20(16-18)22-14-15-24-17-25(22)7-3/h7,10,13-17,19H,3,5-6,8-9,11-12H2,1-2,4H3/q+1. The highest BCUT2D eigenvalue weighted by Gasteiger charge is 2.42. The molecule has 2 aromatic rings. The monoisotopic (exact) mass is 335 g/mol. The Labute approximate surface area is 152 Å². The average Bonchev–Trinajstić information content (AvgIpc) is 3.51. The van der Waals surface area contributed by atoms with Crippen molar-refractivity contribution in [2.75, 3.05) is 0 Å². The largest absolute Gasteiger partial charge is 0.291 e. The number of aryl methyl sites for hydroxylation is 1. The lowest BCUT2D eigenvalue weighted by Gasteiger charge is -2.31. The minimum absolute atomic E-state index is 0.251. The molecular weight excluding hydrogens is 304 g/mol. The van der Waals surface area contributed by atoms with Gasteiger partial charge in [0.2, 0.25) is 0 Å². The van der Waals surface area contributed by atoms with Gasteiger partial charge < -0.3 is 0 Å². The van der Waals surface area contributed by atoms with Crippen LogP contribution in [0.25, 0.3) is 17.5 Å². The van der Waals surface area contributed by atoms with Crippen LogP contribution in [0.15, 0.2) is 43.4 Å². The minimum Gasteiger partial charge on any atom is -0.203 e. The summed E-state index contributed by atoms with van der Waals surface area (Å²) in [6.07, 6.45) is 13.1. The second-order valence-corrected chi connectivity index (χ2v) is 7.58. The summed E-state index contributed by atoms with van der Waals surface area (Å²) in [6, 6.07) is 9.28. The first-order valence-electron chi connectivity index (χ1n) is 9.75. The topological polar surface area (TPSA) is 16.8 Å². The number of nitrogens with zero attached hydrogens (tertiary/aromatic N) is 2. The maximum atomic E-state index is 4.26. The van der Waals surface area contributed by atoms with Crippen molar-refractivity contribution in [3.05, 3.63) is 54.5 Å². The Hall–Kier alpha value is -1.96. The second kappa shape index (κ2) is 7.51. The molecule has 0 aliphatic heterocycles. The Morgan fingerprint density at radius 1 is 1.28 bits per heavy atom. The molecule has 0 N–H and O–H groups in total. The molecule has 1 aliphatic carbocycles. The second-order valence-electron chi connectivity index (χ2n) is 7.58. The van der Waals surface area contributed by atoms with E-state index in [0.717, 1.165) is 12.3 Å². The van der Waals surface area contributed by atoms with Gasteiger partial charge >= 0.3 is 0 Å². The average molecular weight is 336 g/mol. The number of rotatable bonds is 8. The van der Waals surface area contributed by atoms with Crippen LogP contribution >= 0.6 is 0 Å². The molecule has 1 aromatic heterocycles. The highest BCUT2D eigenvalue weighted by molar-refractivity contribution is 5.65. The fraction of sp³-hybridized carbons (Fsp3) is 0.478. The van der Waals surface area contributed by atoms with Gasteiger partial charge in [-0.25, -0.2) is 4.57 Å². The zero-order chi connectivity index (χ0) is 17.9. The van der Waals surface area contributed by atoms with E-state index in [9.17, 15) is 0 Å². The highest BCUT2D eigenvalue weighted by Crippen LogP contribution is 2.51. The predicted octanol–water partition coefficient (Wildman–Crippen LogP) is 5.56. The van der Waals surface area contributed by atoms with Gasteiger partial charge in [-0.15, -0.1) is 0 Å². The first-order chi connectivity index (χ1) is 12.1. The molecule has 3 rings (SSSR count). The predicted molar refractivity (Wildman–Crippen MR) is 105 cm³/mol. The van der Waals surface area contributed by atoms with Crippen molar-refractivity contribution in [1.29, 1.82) is 0 Å². The number of hydrogen-bond donors (Lipinski definition) is 0. The lowest BCUT2D eigenvalue weighted by Crippen LogP contribution is -2.31. The van der Waals surface area contributed by atoms with E-state index in [0.29, 0.717) is 0 Å². The molecule has 0 bridgehead atoms. The molecule has 0 spiro atoms. The van der Waals surface area contributed by atoms with E-state index < -0.39 is 0 Å². The van der Waals surface area contributed by atoms with Crippen molar-refractivity contribution in [2.45, 2.75) is 64.7 Å². The van der Waals surface area contributed by atoms with Gasteiger partial charge in [0.25, 0.3) is 6.33 Å². The Morgan fingerprint density at radius 2 is 2.08 bits per heavy atom. The molecule has 1 aromatic carbocycles. The van der Waals surface area contributed by atoms with Crippen LogP contribution in [0.2, 0.25) is 0 Å². The molecule has 0 saturated heterocycles. The molecule has 1 atom stereocenters. The molecule has 0 amide bonds. The van der Waals surface area contributed by atoms with Crippen LogP contribution < -0.4 is 4.57 Å². The van der Waals surface area contributed by atoms with Crippen LogP contribution in [0.1, 0.15) is 64.0 Å². The van der Waals surface area contributed by atoms with Gasteiger partial charge in [0.05, 0.1) is 6.20 Å². The van der Waals surface area contributed by atoms with Crippen LogP contribution in [-0.2, 0) is 11.8 Å². The molecule has 1 saturated carbocycles. The Morgan fingerprint density at radius 3 is 2.72 bits per heavy atom. The van der Waals surface area contributed by atoms with E-state index in [4.69, 9.17) is 0 Å². The van der Waals surface area contributed by atoms with Gasteiger partial charge in [-0.1, -0.05) is 50.9 Å².